The topological polar surface area (TPSA) is 74.1 Å². The Balaban J connectivity index is 1.32. The molecule has 34 heavy (non-hydrogen) atoms. The molecule has 2 amide bonds. The number of hydrogen-bond acceptors (Lipinski definition) is 5. The summed E-state index contributed by atoms with van der Waals surface area (Å²) in [4.78, 5) is 36.9. The third kappa shape index (κ3) is 4.94. The number of amides is 2. The second-order valence-corrected chi connectivity index (χ2v) is 10.2. The van der Waals surface area contributed by atoms with Crippen LogP contribution in [0.2, 0.25) is 0 Å². The molecule has 0 radical (unpaired) electrons. The maximum Gasteiger partial charge on any atom is 0.270 e. The van der Waals surface area contributed by atoms with Gasteiger partial charge in [0, 0.05) is 23.8 Å². The number of carbonyl (C=O) groups excluding carboxylic acids is 2. The first-order valence-electron chi connectivity index (χ1n) is 12.2. The van der Waals surface area contributed by atoms with Crippen LogP contribution in [-0.4, -0.2) is 39.8 Å². The number of hydrogen-bond donors (Lipinski definition) is 1. The molecule has 0 spiro atoms. The number of fused-ring (bicyclic) bond motifs is 3. The largest absolute Gasteiger partial charge is 0.353 e. The van der Waals surface area contributed by atoms with Crippen molar-refractivity contribution in [3.8, 4) is 0 Å². The highest BCUT2D eigenvalue weighted by Crippen LogP contribution is 2.36. The van der Waals surface area contributed by atoms with Crippen molar-refractivity contribution >= 4 is 40.3 Å². The van der Waals surface area contributed by atoms with E-state index in [1.807, 2.05) is 29.2 Å². The predicted molar refractivity (Wildman–Crippen MR) is 137 cm³/mol. The molecule has 1 unspecified atom stereocenters. The highest BCUT2D eigenvalue weighted by molar-refractivity contribution is 8.13. The SMILES string of the molecule is Cc1ccc(CSC2=Nc3ccccc3C3=NC(=O)C(CCC(=O)NC4CCCCC4)N23)cc1. The van der Waals surface area contributed by atoms with E-state index >= 15 is 0 Å². The van der Waals surface area contributed by atoms with Gasteiger partial charge in [-0.15, -0.1) is 0 Å². The van der Waals surface area contributed by atoms with E-state index in [2.05, 4.69) is 41.5 Å². The molecule has 0 saturated heterocycles. The zero-order valence-corrected chi connectivity index (χ0v) is 20.3. The van der Waals surface area contributed by atoms with Crippen LogP contribution in [0.15, 0.2) is 58.5 Å². The fraction of sp³-hybridized carbons (Fsp3) is 0.407. The van der Waals surface area contributed by atoms with Gasteiger partial charge in [-0.3, -0.25) is 14.5 Å². The molecular weight excluding hydrogens is 444 g/mol. The minimum Gasteiger partial charge on any atom is -0.353 e. The number of benzene rings is 2. The maximum atomic E-state index is 13.0. The number of thioether (sulfide) groups is 1. The molecule has 6 nitrogen and oxygen atoms in total. The van der Waals surface area contributed by atoms with Crippen molar-refractivity contribution in [3.05, 3.63) is 65.2 Å². The number of nitrogens with one attached hydrogen (secondary N) is 1. The Bertz CT molecular complexity index is 1140. The van der Waals surface area contributed by atoms with Gasteiger partial charge in [0.2, 0.25) is 5.91 Å². The third-order valence-electron chi connectivity index (χ3n) is 6.71. The van der Waals surface area contributed by atoms with E-state index in [0.717, 1.165) is 35.0 Å². The number of amidine groups is 2. The van der Waals surface area contributed by atoms with Crippen LogP contribution in [0.4, 0.5) is 5.69 Å². The quantitative estimate of drug-likeness (QED) is 0.631. The molecule has 2 aromatic rings. The Hall–Kier alpha value is -2.93. The van der Waals surface area contributed by atoms with Gasteiger partial charge in [0.15, 0.2) is 5.17 Å². The van der Waals surface area contributed by atoms with Crippen LogP contribution in [0.1, 0.15) is 61.6 Å². The van der Waals surface area contributed by atoms with Crippen molar-refractivity contribution in [2.24, 2.45) is 9.98 Å². The van der Waals surface area contributed by atoms with Gasteiger partial charge in [-0.1, -0.05) is 73.0 Å². The second kappa shape index (κ2) is 10.1. The average Bonchev–Trinajstić information content (AvgIpc) is 3.19. The molecule has 1 saturated carbocycles. The van der Waals surface area contributed by atoms with Crippen LogP contribution in [0, 0.1) is 6.92 Å². The molecule has 7 heteroatoms. The first kappa shape index (κ1) is 22.8. The maximum absolute atomic E-state index is 13.0. The number of para-hydroxylation sites is 1. The van der Waals surface area contributed by atoms with E-state index < -0.39 is 6.04 Å². The summed E-state index contributed by atoms with van der Waals surface area (Å²) >= 11 is 1.61. The molecule has 1 atom stereocenters. The van der Waals surface area contributed by atoms with Gasteiger partial charge in [0.1, 0.15) is 11.9 Å². The van der Waals surface area contributed by atoms with Crippen LogP contribution < -0.4 is 5.32 Å². The number of carbonyl (C=O) groups is 2. The minimum absolute atomic E-state index is 0.0244. The van der Waals surface area contributed by atoms with E-state index in [9.17, 15) is 9.59 Å². The van der Waals surface area contributed by atoms with Gasteiger partial charge in [-0.2, -0.15) is 4.99 Å². The van der Waals surface area contributed by atoms with Gasteiger partial charge in [0.05, 0.1) is 5.69 Å². The van der Waals surface area contributed by atoms with Crippen LogP contribution in [0.25, 0.3) is 0 Å². The van der Waals surface area contributed by atoms with Gasteiger partial charge < -0.3 is 5.32 Å². The van der Waals surface area contributed by atoms with E-state index in [0.29, 0.717) is 18.7 Å². The Morgan fingerprint density at radius 2 is 1.82 bits per heavy atom. The lowest BCUT2D eigenvalue weighted by atomic mass is 9.95. The minimum atomic E-state index is -0.496. The highest BCUT2D eigenvalue weighted by Gasteiger charge is 2.41. The normalized spacial score (nSPS) is 19.9. The molecule has 5 rings (SSSR count). The Kier molecular flexibility index (Phi) is 6.81. The number of nitrogens with zero attached hydrogens (tertiary/aromatic N) is 3. The lowest BCUT2D eigenvalue weighted by Crippen LogP contribution is -2.44. The standard InChI is InChI=1S/C27H30N4O2S/c1-18-11-13-19(14-12-18)17-34-27-29-22-10-6-5-9-21(22)25-30-26(33)23(31(25)27)15-16-24(32)28-20-7-3-2-4-8-20/h5-6,9-14,20,23H,2-4,7-8,15-17H2,1H3,(H,28,32). The first-order valence-corrected chi connectivity index (χ1v) is 13.1. The van der Waals surface area contributed by atoms with E-state index in [1.54, 1.807) is 11.8 Å². The van der Waals surface area contributed by atoms with Gasteiger partial charge >= 0.3 is 0 Å². The molecule has 1 N–H and O–H groups in total. The van der Waals surface area contributed by atoms with Crippen LogP contribution >= 0.6 is 11.8 Å². The molecule has 2 heterocycles. The zero-order valence-electron chi connectivity index (χ0n) is 19.5. The monoisotopic (exact) mass is 474 g/mol. The highest BCUT2D eigenvalue weighted by atomic mass is 32.2. The molecule has 2 aliphatic heterocycles. The Morgan fingerprint density at radius 1 is 1.06 bits per heavy atom. The summed E-state index contributed by atoms with van der Waals surface area (Å²) in [7, 11) is 0. The summed E-state index contributed by atoms with van der Waals surface area (Å²) in [6.07, 6.45) is 6.44. The lowest BCUT2D eigenvalue weighted by molar-refractivity contribution is -0.123. The summed E-state index contributed by atoms with van der Waals surface area (Å²) < 4.78 is 0. The second-order valence-electron chi connectivity index (χ2n) is 9.29. The fourth-order valence-electron chi connectivity index (χ4n) is 4.82. The molecule has 2 aromatic carbocycles. The van der Waals surface area contributed by atoms with Crippen molar-refractivity contribution in [2.45, 2.75) is 69.7 Å². The van der Waals surface area contributed by atoms with Gasteiger partial charge in [0.25, 0.3) is 5.91 Å². The third-order valence-corrected chi connectivity index (χ3v) is 7.74. The fourth-order valence-corrected chi connectivity index (χ4v) is 5.83. The number of aryl methyl sites for hydroxylation is 1. The molecule has 1 fully saturated rings. The first-order chi connectivity index (χ1) is 16.6. The van der Waals surface area contributed by atoms with E-state index in [1.165, 1.54) is 30.4 Å². The van der Waals surface area contributed by atoms with E-state index in [-0.39, 0.29) is 17.9 Å². The van der Waals surface area contributed by atoms with Gasteiger partial charge in [-0.25, -0.2) is 4.99 Å². The smallest absolute Gasteiger partial charge is 0.270 e. The van der Waals surface area contributed by atoms with Crippen molar-refractivity contribution in [1.82, 2.24) is 10.2 Å². The number of aliphatic imine (C=N–C) groups is 2. The summed E-state index contributed by atoms with van der Waals surface area (Å²) in [5, 5.41) is 3.93. The Morgan fingerprint density at radius 3 is 2.62 bits per heavy atom. The van der Waals surface area contributed by atoms with E-state index in [4.69, 9.17) is 4.99 Å². The molecule has 0 bridgehead atoms. The van der Waals surface area contributed by atoms with Crippen molar-refractivity contribution in [1.29, 1.82) is 0 Å². The number of rotatable bonds is 6. The Labute approximate surface area is 204 Å². The van der Waals surface area contributed by atoms with Crippen LogP contribution in [-0.2, 0) is 15.3 Å². The van der Waals surface area contributed by atoms with Crippen LogP contribution in [0.5, 0.6) is 0 Å². The van der Waals surface area contributed by atoms with Crippen molar-refractivity contribution in [2.75, 3.05) is 0 Å². The predicted octanol–water partition coefficient (Wildman–Crippen LogP) is 5.12. The van der Waals surface area contributed by atoms with Gasteiger partial charge in [-0.05, 0) is 43.9 Å². The van der Waals surface area contributed by atoms with Crippen molar-refractivity contribution in [3.63, 3.8) is 0 Å². The molecule has 1 aliphatic carbocycles. The molecule has 0 aromatic heterocycles. The molecular formula is C27H30N4O2S. The summed E-state index contributed by atoms with van der Waals surface area (Å²) in [5.74, 6) is 1.23. The average molecular weight is 475 g/mol. The zero-order chi connectivity index (χ0) is 23.5. The molecule has 176 valence electrons. The summed E-state index contributed by atoms with van der Waals surface area (Å²) in [6.45, 7) is 2.08. The van der Waals surface area contributed by atoms with Crippen LogP contribution in [0.3, 0.4) is 0 Å². The summed E-state index contributed by atoms with van der Waals surface area (Å²) in [6, 6.07) is 16.0. The summed E-state index contributed by atoms with van der Waals surface area (Å²) in [5.41, 5.74) is 4.12. The molecule has 3 aliphatic rings. The van der Waals surface area contributed by atoms with Crippen molar-refractivity contribution < 1.29 is 9.59 Å². The lowest BCUT2D eigenvalue weighted by Gasteiger charge is -2.31.